The maximum absolute atomic E-state index is 13.3. The summed E-state index contributed by atoms with van der Waals surface area (Å²) in [7, 11) is 0. The summed E-state index contributed by atoms with van der Waals surface area (Å²) in [6.45, 7) is 21.3. The van der Waals surface area contributed by atoms with Crippen LogP contribution in [0.5, 0.6) is 0 Å². The zero-order valence-electron chi connectivity index (χ0n) is 29.7. The first-order valence-corrected chi connectivity index (χ1v) is 18.1. The first-order valence-electron chi connectivity index (χ1n) is 18.1. The van der Waals surface area contributed by atoms with Crippen LogP contribution in [-0.4, -0.2) is 55.1 Å². The van der Waals surface area contributed by atoms with Crippen molar-refractivity contribution in [3.63, 3.8) is 0 Å². The number of rotatable bonds is 10. The van der Waals surface area contributed by atoms with Gasteiger partial charge in [0.25, 0.3) is 0 Å². The van der Waals surface area contributed by atoms with Gasteiger partial charge in [-0.25, -0.2) is 0 Å². The number of fused-ring (bicyclic) bond motifs is 3. The summed E-state index contributed by atoms with van der Waals surface area (Å²) in [4.78, 5) is 25.9. The van der Waals surface area contributed by atoms with Crippen molar-refractivity contribution >= 4 is 11.9 Å². The third-order valence-electron chi connectivity index (χ3n) is 14.8. The highest BCUT2D eigenvalue weighted by Gasteiger charge is 2.72. The molecule has 1 saturated heterocycles. The van der Waals surface area contributed by atoms with Gasteiger partial charge in [-0.1, -0.05) is 79.9 Å². The largest absolute Gasteiger partial charge is 0.481 e. The summed E-state index contributed by atoms with van der Waals surface area (Å²) in [5, 5.41) is 11.0. The van der Waals surface area contributed by atoms with Crippen molar-refractivity contribution in [3.8, 4) is 0 Å². The molecule has 1 heterocycles. The number of aliphatic carboxylic acids is 1. The molecule has 7 nitrogen and oxygen atoms in total. The second-order valence-corrected chi connectivity index (χ2v) is 17.4. The Morgan fingerprint density at radius 1 is 1.09 bits per heavy atom. The summed E-state index contributed by atoms with van der Waals surface area (Å²) in [5.74, 6) is 0.00285. The molecular formula is C38H63NO6. The molecule has 3 N–H and O–H groups in total. The van der Waals surface area contributed by atoms with Crippen molar-refractivity contribution in [3.05, 3.63) is 11.6 Å². The number of esters is 1. The Kier molecular flexibility index (Phi) is 9.47. The van der Waals surface area contributed by atoms with Crippen molar-refractivity contribution in [1.82, 2.24) is 0 Å². The Bertz CT molecular complexity index is 1170. The third-order valence-corrected chi connectivity index (χ3v) is 14.8. The van der Waals surface area contributed by atoms with E-state index in [2.05, 4.69) is 61.5 Å². The summed E-state index contributed by atoms with van der Waals surface area (Å²) < 4.78 is 19.4. The lowest BCUT2D eigenvalue weighted by Gasteiger charge is -2.71. The smallest absolute Gasteiger partial charge is 0.307 e. The van der Waals surface area contributed by atoms with Crippen molar-refractivity contribution in [2.75, 3.05) is 19.8 Å². The molecule has 5 rings (SSSR count). The van der Waals surface area contributed by atoms with Crippen molar-refractivity contribution in [2.45, 2.75) is 138 Å². The van der Waals surface area contributed by atoms with Gasteiger partial charge >= 0.3 is 11.9 Å². The SMILES string of the molecule is CCCCC(N)CO[C@H]1[C@H](OC(C)=O)C[C@@]23COC[C@@]1(C)[C@@H]2CC[C@H]1C3=CC[C@@]2(C)[C@H](C(=O)O)[C@@](C)([C@H](C)C(C)C)CC[C@]12C. The van der Waals surface area contributed by atoms with Crippen LogP contribution in [0.1, 0.15) is 120 Å². The van der Waals surface area contributed by atoms with E-state index in [9.17, 15) is 14.7 Å². The van der Waals surface area contributed by atoms with Gasteiger partial charge in [-0.15, -0.1) is 0 Å². The molecule has 4 fully saturated rings. The molecule has 5 aliphatic rings. The van der Waals surface area contributed by atoms with Crippen LogP contribution < -0.4 is 5.73 Å². The topological polar surface area (TPSA) is 108 Å². The van der Waals surface area contributed by atoms with E-state index in [0.717, 1.165) is 51.4 Å². The quantitative estimate of drug-likeness (QED) is 0.191. The Morgan fingerprint density at radius 3 is 2.42 bits per heavy atom. The Morgan fingerprint density at radius 2 is 1.80 bits per heavy atom. The van der Waals surface area contributed by atoms with Crippen molar-refractivity contribution < 1.29 is 28.9 Å². The van der Waals surface area contributed by atoms with Gasteiger partial charge in [-0.2, -0.15) is 0 Å². The minimum absolute atomic E-state index is 0.0466. The summed E-state index contributed by atoms with van der Waals surface area (Å²) >= 11 is 0. The number of carboxylic acids is 1. The van der Waals surface area contributed by atoms with Crippen LogP contribution in [0, 0.1) is 56.7 Å². The molecular weight excluding hydrogens is 566 g/mol. The molecule has 0 spiro atoms. The fraction of sp³-hybridized carbons (Fsp3) is 0.895. The lowest BCUT2D eigenvalue weighted by molar-refractivity contribution is -0.267. The van der Waals surface area contributed by atoms with Gasteiger partial charge in [0.05, 0.1) is 25.7 Å². The van der Waals surface area contributed by atoms with Crippen LogP contribution in [-0.2, 0) is 23.8 Å². The standard InChI is InChI=1S/C38H63NO6/c1-10-11-12-26(39)20-44-32-29(45-25(5)40)19-38-22-43-21-35(32,7)30(38)14-13-27-28(38)15-16-37(9)31(33(41)42)34(6,24(4)23(2)3)17-18-36(27,37)8/h15,23-24,26-27,29-32H,10-14,16-22,39H2,1-9H3,(H,41,42)/t24-,26?,27+,29-,30+,31-,32+,34-,35+,36-,37+,38+/m1/s1. The molecule has 256 valence electrons. The predicted octanol–water partition coefficient (Wildman–Crippen LogP) is 7.41. The first-order chi connectivity index (χ1) is 21.0. The fourth-order valence-electron chi connectivity index (χ4n) is 12.0. The van der Waals surface area contributed by atoms with Gasteiger partial charge in [0.1, 0.15) is 12.2 Å². The first kappa shape index (κ1) is 34.9. The van der Waals surface area contributed by atoms with Gasteiger partial charge in [0.2, 0.25) is 0 Å². The van der Waals surface area contributed by atoms with E-state index in [1.807, 2.05) is 0 Å². The van der Waals surface area contributed by atoms with Crippen LogP contribution in [0.15, 0.2) is 11.6 Å². The molecule has 45 heavy (non-hydrogen) atoms. The predicted molar refractivity (Wildman–Crippen MR) is 176 cm³/mol. The molecule has 0 aromatic rings. The Labute approximate surface area is 272 Å². The number of carboxylic acid groups (broad SMARTS) is 1. The molecule has 1 unspecified atom stereocenters. The third kappa shape index (κ3) is 5.24. The maximum Gasteiger partial charge on any atom is 0.307 e. The number of nitrogens with two attached hydrogens (primary N) is 1. The van der Waals surface area contributed by atoms with Crippen LogP contribution in [0.3, 0.4) is 0 Å². The number of carbonyl (C=O) groups is 2. The molecule has 0 radical (unpaired) electrons. The normalized spacial score (nSPS) is 45.4. The Hall–Kier alpha value is -1.44. The zero-order valence-corrected chi connectivity index (χ0v) is 29.7. The van der Waals surface area contributed by atoms with Crippen LogP contribution in [0.25, 0.3) is 0 Å². The second kappa shape index (κ2) is 12.2. The molecule has 12 atom stereocenters. The van der Waals surface area contributed by atoms with Gasteiger partial charge in [0.15, 0.2) is 0 Å². The molecule has 1 aliphatic heterocycles. The van der Waals surface area contributed by atoms with E-state index in [0.29, 0.717) is 44.0 Å². The average Bonchev–Trinajstić information content (AvgIpc) is 2.95. The van der Waals surface area contributed by atoms with Crippen LogP contribution >= 0.6 is 0 Å². The highest BCUT2D eigenvalue weighted by Crippen LogP contribution is 2.75. The average molecular weight is 630 g/mol. The highest BCUT2D eigenvalue weighted by atomic mass is 16.6. The molecule has 4 aliphatic carbocycles. The minimum atomic E-state index is -0.638. The number of carbonyl (C=O) groups excluding carboxylic acids is 1. The maximum atomic E-state index is 13.3. The lowest BCUT2D eigenvalue weighted by Crippen LogP contribution is -2.70. The van der Waals surface area contributed by atoms with E-state index < -0.39 is 11.9 Å². The Balaban J connectivity index is 1.54. The number of allylic oxidation sites excluding steroid dienone is 1. The van der Waals surface area contributed by atoms with Gasteiger partial charge in [-0.05, 0) is 84.9 Å². The van der Waals surface area contributed by atoms with E-state index in [-0.39, 0.29) is 57.2 Å². The van der Waals surface area contributed by atoms with E-state index in [4.69, 9.17) is 19.9 Å². The van der Waals surface area contributed by atoms with E-state index >= 15 is 0 Å². The highest BCUT2D eigenvalue weighted by molar-refractivity contribution is 5.73. The van der Waals surface area contributed by atoms with Gasteiger partial charge in [0, 0.05) is 23.8 Å². The molecule has 2 bridgehead atoms. The van der Waals surface area contributed by atoms with Crippen LogP contribution in [0.2, 0.25) is 0 Å². The molecule has 0 aromatic heterocycles. The fourth-order valence-corrected chi connectivity index (χ4v) is 12.0. The monoisotopic (exact) mass is 629 g/mol. The molecule has 3 saturated carbocycles. The number of ether oxygens (including phenoxy) is 3. The van der Waals surface area contributed by atoms with Crippen LogP contribution in [0.4, 0.5) is 0 Å². The van der Waals surface area contributed by atoms with E-state index in [1.54, 1.807) is 0 Å². The minimum Gasteiger partial charge on any atom is -0.481 e. The van der Waals surface area contributed by atoms with E-state index in [1.165, 1.54) is 12.5 Å². The second-order valence-electron chi connectivity index (χ2n) is 17.4. The summed E-state index contributed by atoms with van der Waals surface area (Å²) in [5.41, 5.74) is 6.56. The molecule has 7 heteroatoms. The summed E-state index contributed by atoms with van der Waals surface area (Å²) in [6.07, 6.45) is 10.3. The van der Waals surface area contributed by atoms with Crippen molar-refractivity contribution in [2.24, 2.45) is 62.4 Å². The summed E-state index contributed by atoms with van der Waals surface area (Å²) in [6, 6.07) is -0.0466. The number of hydrogen-bond acceptors (Lipinski definition) is 6. The van der Waals surface area contributed by atoms with Crippen molar-refractivity contribution in [1.29, 1.82) is 0 Å². The number of unbranched alkanes of at least 4 members (excludes halogenated alkanes) is 1. The molecule has 0 aromatic carbocycles. The van der Waals surface area contributed by atoms with Gasteiger partial charge < -0.3 is 25.1 Å². The zero-order chi connectivity index (χ0) is 33.2. The lowest BCUT2D eigenvalue weighted by atomic mass is 9.34. The van der Waals surface area contributed by atoms with Gasteiger partial charge in [-0.3, -0.25) is 9.59 Å². The molecule has 0 amide bonds. The number of hydrogen-bond donors (Lipinski definition) is 2.